The van der Waals surface area contributed by atoms with Crippen molar-refractivity contribution in [3.8, 4) is 0 Å². The fourth-order valence-corrected chi connectivity index (χ4v) is 3.36. The van der Waals surface area contributed by atoms with E-state index in [-0.39, 0.29) is 0 Å². The Morgan fingerprint density at radius 3 is 2.96 bits per heavy atom. The van der Waals surface area contributed by atoms with Crippen molar-refractivity contribution < 1.29 is 4.42 Å². The second-order valence-electron chi connectivity index (χ2n) is 6.94. The summed E-state index contributed by atoms with van der Waals surface area (Å²) in [7, 11) is 2.15. The molecule has 0 spiro atoms. The monoisotopic (exact) mass is 331 g/mol. The molecule has 1 saturated carbocycles. The molecule has 2 aromatic rings. The van der Waals surface area contributed by atoms with Gasteiger partial charge in [0.2, 0.25) is 5.89 Å². The predicted molar refractivity (Wildman–Crippen MR) is 87.1 cm³/mol. The van der Waals surface area contributed by atoms with Gasteiger partial charge in [0.15, 0.2) is 5.82 Å². The Morgan fingerprint density at radius 1 is 1.33 bits per heavy atom. The normalized spacial score (nSPS) is 21.9. The predicted octanol–water partition coefficient (Wildman–Crippen LogP) is 1.26. The zero-order valence-corrected chi connectivity index (χ0v) is 14.4. The number of tetrazole rings is 1. The molecule has 1 atom stereocenters. The van der Waals surface area contributed by atoms with Crippen LogP contribution >= 0.6 is 0 Å². The van der Waals surface area contributed by atoms with E-state index in [2.05, 4.69) is 44.3 Å². The number of aryl methyl sites for hydroxylation is 1. The molecule has 2 aromatic heterocycles. The summed E-state index contributed by atoms with van der Waals surface area (Å²) in [4.78, 5) is 9.15. The minimum absolute atomic E-state index is 0.521. The van der Waals surface area contributed by atoms with Crippen LogP contribution in [0.1, 0.15) is 49.7 Å². The lowest BCUT2D eigenvalue weighted by Crippen LogP contribution is -2.34. The standard InChI is InChI=1S/C16H25N7O/c1-3-14-8-17-16(24-14)11-21(2)13-6-7-22(9-13)10-15-18-19-20-23(15)12-4-5-12/h8,12-13H,3-7,9-11H2,1-2H3. The van der Waals surface area contributed by atoms with Crippen molar-refractivity contribution in [2.24, 2.45) is 0 Å². The van der Waals surface area contributed by atoms with Crippen LogP contribution in [0.15, 0.2) is 10.6 Å². The average Bonchev–Trinajstić information content (AvgIpc) is 3.01. The van der Waals surface area contributed by atoms with E-state index in [1.165, 1.54) is 12.8 Å². The van der Waals surface area contributed by atoms with Crippen LogP contribution in [-0.2, 0) is 19.5 Å². The maximum Gasteiger partial charge on any atom is 0.208 e. The summed E-state index contributed by atoms with van der Waals surface area (Å²) in [5.74, 6) is 2.77. The van der Waals surface area contributed by atoms with Crippen molar-refractivity contribution >= 4 is 0 Å². The number of oxazole rings is 1. The summed E-state index contributed by atoms with van der Waals surface area (Å²) < 4.78 is 7.74. The van der Waals surface area contributed by atoms with Crippen molar-refractivity contribution in [2.45, 2.75) is 57.8 Å². The van der Waals surface area contributed by atoms with E-state index in [1.807, 2.05) is 10.9 Å². The maximum absolute atomic E-state index is 5.73. The highest BCUT2D eigenvalue weighted by Crippen LogP contribution is 2.34. The Bertz CT molecular complexity index is 678. The van der Waals surface area contributed by atoms with Crippen LogP contribution in [0.3, 0.4) is 0 Å². The van der Waals surface area contributed by atoms with Crippen molar-refractivity contribution in [1.82, 2.24) is 35.0 Å². The molecule has 24 heavy (non-hydrogen) atoms. The number of nitrogens with zero attached hydrogens (tertiary/aromatic N) is 7. The van der Waals surface area contributed by atoms with Gasteiger partial charge in [0.05, 0.1) is 25.3 Å². The van der Waals surface area contributed by atoms with Crippen molar-refractivity contribution in [3.05, 3.63) is 23.7 Å². The molecule has 8 heteroatoms. The number of likely N-dealkylation sites (tertiary alicyclic amines) is 1. The second-order valence-corrected chi connectivity index (χ2v) is 6.94. The zero-order chi connectivity index (χ0) is 16.5. The molecule has 0 N–H and O–H groups in total. The Hall–Kier alpha value is -1.80. The van der Waals surface area contributed by atoms with E-state index in [0.717, 1.165) is 56.5 Å². The number of likely N-dealkylation sites (N-methyl/N-ethyl adjacent to an activating group) is 1. The maximum atomic E-state index is 5.73. The van der Waals surface area contributed by atoms with Crippen LogP contribution < -0.4 is 0 Å². The lowest BCUT2D eigenvalue weighted by molar-refractivity contribution is 0.202. The smallest absolute Gasteiger partial charge is 0.208 e. The van der Waals surface area contributed by atoms with Gasteiger partial charge in [-0.05, 0) is 36.7 Å². The highest BCUT2D eigenvalue weighted by atomic mass is 16.4. The van der Waals surface area contributed by atoms with Gasteiger partial charge in [-0.1, -0.05) is 6.92 Å². The molecule has 1 aliphatic carbocycles. The summed E-state index contributed by atoms with van der Waals surface area (Å²) >= 11 is 0. The number of aromatic nitrogens is 5. The third-order valence-corrected chi connectivity index (χ3v) is 5.02. The topological polar surface area (TPSA) is 76.1 Å². The van der Waals surface area contributed by atoms with Crippen molar-refractivity contribution in [2.75, 3.05) is 20.1 Å². The van der Waals surface area contributed by atoms with Crippen LogP contribution in [0.4, 0.5) is 0 Å². The third kappa shape index (κ3) is 3.34. The van der Waals surface area contributed by atoms with E-state index in [0.29, 0.717) is 12.1 Å². The zero-order valence-electron chi connectivity index (χ0n) is 14.4. The molecule has 1 unspecified atom stereocenters. The van der Waals surface area contributed by atoms with Crippen LogP contribution in [0.2, 0.25) is 0 Å². The van der Waals surface area contributed by atoms with E-state index in [9.17, 15) is 0 Å². The first-order valence-electron chi connectivity index (χ1n) is 8.86. The summed E-state index contributed by atoms with van der Waals surface area (Å²) in [6, 6.07) is 1.06. The van der Waals surface area contributed by atoms with Crippen LogP contribution in [0.25, 0.3) is 0 Å². The van der Waals surface area contributed by atoms with Gasteiger partial charge in [-0.3, -0.25) is 9.80 Å². The van der Waals surface area contributed by atoms with Gasteiger partial charge < -0.3 is 4.42 Å². The molecule has 0 radical (unpaired) electrons. The van der Waals surface area contributed by atoms with E-state index >= 15 is 0 Å². The summed E-state index contributed by atoms with van der Waals surface area (Å²) in [5.41, 5.74) is 0. The molecule has 8 nitrogen and oxygen atoms in total. The number of hydrogen-bond donors (Lipinski definition) is 0. The van der Waals surface area contributed by atoms with Gasteiger partial charge in [-0.2, -0.15) is 0 Å². The molecular formula is C16H25N7O. The summed E-state index contributed by atoms with van der Waals surface area (Å²) in [6.45, 7) is 5.80. The molecule has 4 rings (SSSR count). The quantitative estimate of drug-likeness (QED) is 0.756. The second kappa shape index (κ2) is 6.60. The molecule has 130 valence electrons. The highest BCUT2D eigenvalue weighted by molar-refractivity contribution is 4.95. The lowest BCUT2D eigenvalue weighted by atomic mass is 10.2. The molecule has 0 bridgehead atoms. The Morgan fingerprint density at radius 2 is 2.21 bits per heavy atom. The fourth-order valence-electron chi connectivity index (χ4n) is 3.36. The highest BCUT2D eigenvalue weighted by Gasteiger charge is 2.31. The third-order valence-electron chi connectivity index (χ3n) is 5.02. The van der Waals surface area contributed by atoms with Gasteiger partial charge in [0.1, 0.15) is 5.76 Å². The Labute approximate surface area is 141 Å². The summed E-state index contributed by atoms with van der Waals surface area (Å²) in [5, 5.41) is 12.2. The molecule has 1 aliphatic heterocycles. The van der Waals surface area contributed by atoms with Crippen LogP contribution in [-0.4, -0.2) is 61.2 Å². The molecule has 0 aromatic carbocycles. The van der Waals surface area contributed by atoms with Gasteiger partial charge in [-0.15, -0.1) is 5.10 Å². The number of rotatable bonds is 7. The molecule has 2 aliphatic rings. The molecular weight excluding hydrogens is 306 g/mol. The fraction of sp³-hybridized carbons (Fsp3) is 0.750. The van der Waals surface area contributed by atoms with Gasteiger partial charge in [-0.25, -0.2) is 9.67 Å². The van der Waals surface area contributed by atoms with Crippen LogP contribution in [0, 0.1) is 0 Å². The first kappa shape index (κ1) is 15.7. The first-order chi connectivity index (χ1) is 11.7. The lowest BCUT2D eigenvalue weighted by Gasteiger charge is -2.23. The number of hydrogen-bond acceptors (Lipinski definition) is 7. The Balaban J connectivity index is 1.31. The van der Waals surface area contributed by atoms with Crippen molar-refractivity contribution in [3.63, 3.8) is 0 Å². The average molecular weight is 331 g/mol. The molecule has 2 fully saturated rings. The van der Waals surface area contributed by atoms with Gasteiger partial charge in [0.25, 0.3) is 0 Å². The summed E-state index contributed by atoms with van der Waals surface area (Å²) in [6.07, 6.45) is 6.30. The van der Waals surface area contributed by atoms with E-state index in [1.54, 1.807) is 0 Å². The van der Waals surface area contributed by atoms with E-state index < -0.39 is 0 Å². The molecule has 0 amide bonds. The minimum Gasteiger partial charge on any atom is -0.444 e. The Kier molecular flexibility index (Phi) is 4.32. The molecule has 3 heterocycles. The first-order valence-corrected chi connectivity index (χ1v) is 8.86. The van der Waals surface area contributed by atoms with Crippen molar-refractivity contribution in [1.29, 1.82) is 0 Å². The SMILES string of the molecule is CCc1cnc(CN(C)C2CCN(Cc3nnnn3C3CC3)C2)o1. The van der Waals surface area contributed by atoms with Gasteiger partial charge >= 0.3 is 0 Å². The van der Waals surface area contributed by atoms with Crippen LogP contribution in [0.5, 0.6) is 0 Å². The van der Waals surface area contributed by atoms with Gasteiger partial charge in [0, 0.05) is 25.6 Å². The minimum atomic E-state index is 0.521. The molecule has 1 saturated heterocycles. The largest absolute Gasteiger partial charge is 0.444 e. The van der Waals surface area contributed by atoms with E-state index in [4.69, 9.17) is 4.42 Å².